The summed E-state index contributed by atoms with van der Waals surface area (Å²) in [6, 6.07) is 14.1. The smallest absolute Gasteiger partial charge is 0.220 e. The van der Waals surface area contributed by atoms with Gasteiger partial charge in [-0.05, 0) is 62.9 Å². The van der Waals surface area contributed by atoms with Crippen LogP contribution >= 0.6 is 0 Å². The van der Waals surface area contributed by atoms with Crippen molar-refractivity contribution in [3.63, 3.8) is 0 Å². The van der Waals surface area contributed by atoms with E-state index < -0.39 is 0 Å². The predicted octanol–water partition coefficient (Wildman–Crippen LogP) is 5.10. The first-order valence-electron chi connectivity index (χ1n) is 10.4. The second kappa shape index (κ2) is 9.59. The number of hydrogen-bond donors (Lipinski definition) is 1. The number of aryl methyl sites for hydroxylation is 2. The average molecular weight is 394 g/mol. The van der Waals surface area contributed by atoms with Gasteiger partial charge in [-0.2, -0.15) is 0 Å². The van der Waals surface area contributed by atoms with E-state index in [-0.39, 0.29) is 11.9 Å². The monoisotopic (exact) mass is 393 g/mol. The van der Waals surface area contributed by atoms with Crippen LogP contribution < -0.4 is 10.1 Å². The fourth-order valence-electron chi connectivity index (χ4n) is 3.55. The summed E-state index contributed by atoms with van der Waals surface area (Å²) in [4.78, 5) is 16.9. The van der Waals surface area contributed by atoms with Crippen molar-refractivity contribution in [2.75, 3.05) is 6.61 Å². The summed E-state index contributed by atoms with van der Waals surface area (Å²) in [5, 5.41) is 3.07. The van der Waals surface area contributed by atoms with E-state index in [2.05, 4.69) is 35.9 Å². The molecule has 3 aromatic rings. The van der Waals surface area contributed by atoms with E-state index in [0.717, 1.165) is 42.0 Å². The standard InChI is InChI=1S/C24H31N3O2/c1-5-10-23(28)25-19(4)24-26-20-12-6-7-13-21(20)27(24)15-9-16-29-22-14-8-11-17(2)18(22)3/h6-8,11-14,19H,5,9-10,15-16H2,1-4H3,(H,25,28). The molecule has 0 saturated heterocycles. The lowest BCUT2D eigenvalue weighted by Gasteiger charge is -2.17. The summed E-state index contributed by atoms with van der Waals surface area (Å²) in [5.74, 6) is 1.90. The van der Waals surface area contributed by atoms with Crippen molar-refractivity contribution >= 4 is 16.9 Å². The quantitative estimate of drug-likeness (QED) is 0.515. The molecule has 154 valence electrons. The van der Waals surface area contributed by atoms with E-state index in [0.29, 0.717) is 13.0 Å². The zero-order valence-corrected chi connectivity index (χ0v) is 17.9. The van der Waals surface area contributed by atoms with Crippen molar-refractivity contribution in [3.8, 4) is 5.75 Å². The van der Waals surface area contributed by atoms with Crippen LogP contribution in [0, 0.1) is 13.8 Å². The Labute approximate surface area is 173 Å². The van der Waals surface area contributed by atoms with Crippen molar-refractivity contribution in [3.05, 3.63) is 59.4 Å². The van der Waals surface area contributed by atoms with Gasteiger partial charge in [-0.1, -0.05) is 31.2 Å². The van der Waals surface area contributed by atoms with Gasteiger partial charge >= 0.3 is 0 Å². The van der Waals surface area contributed by atoms with Crippen LogP contribution in [0.3, 0.4) is 0 Å². The predicted molar refractivity (Wildman–Crippen MR) is 117 cm³/mol. The summed E-state index contributed by atoms with van der Waals surface area (Å²) in [7, 11) is 0. The maximum absolute atomic E-state index is 12.1. The number of carbonyl (C=O) groups excluding carboxylic acids is 1. The Morgan fingerprint density at radius 3 is 2.76 bits per heavy atom. The third-order valence-corrected chi connectivity index (χ3v) is 5.26. The van der Waals surface area contributed by atoms with Gasteiger partial charge in [0.05, 0.1) is 23.7 Å². The van der Waals surface area contributed by atoms with Crippen molar-refractivity contribution < 1.29 is 9.53 Å². The molecule has 0 radical (unpaired) electrons. The van der Waals surface area contributed by atoms with E-state index in [9.17, 15) is 4.79 Å². The summed E-state index contributed by atoms with van der Waals surface area (Å²) in [6.07, 6.45) is 2.23. The summed E-state index contributed by atoms with van der Waals surface area (Å²) in [5.41, 5.74) is 4.47. The first-order chi connectivity index (χ1) is 14.0. The maximum atomic E-state index is 12.1. The molecule has 1 amide bonds. The van der Waals surface area contributed by atoms with Crippen LogP contribution in [0.4, 0.5) is 0 Å². The second-order valence-electron chi connectivity index (χ2n) is 7.55. The highest BCUT2D eigenvalue weighted by atomic mass is 16.5. The fourth-order valence-corrected chi connectivity index (χ4v) is 3.55. The number of hydrogen-bond acceptors (Lipinski definition) is 3. The van der Waals surface area contributed by atoms with Crippen LogP contribution in [-0.2, 0) is 11.3 Å². The Morgan fingerprint density at radius 1 is 1.17 bits per heavy atom. The number of nitrogens with zero attached hydrogens (tertiary/aromatic N) is 2. The van der Waals surface area contributed by atoms with Gasteiger partial charge in [0.15, 0.2) is 0 Å². The molecule has 1 atom stereocenters. The van der Waals surface area contributed by atoms with Crippen molar-refractivity contribution in [2.45, 2.75) is 59.5 Å². The largest absolute Gasteiger partial charge is 0.493 e. The molecule has 0 aliphatic carbocycles. The summed E-state index contributed by atoms with van der Waals surface area (Å²) < 4.78 is 8.23. The molecule has 0 spiro atoms. The van der Waals surface area contributed by atoms with Crippen molar-refractivity contribution in [1.29, 1.82) is 0 Å². The molecule has 29 heavy (non-hydrogen) atoms. The minimum absolute atomic E-state index is 0.0665. The number of benzene rings is 2. The topological polar surface area (TPSA) is 56.2 Å². The molecular formula is C24H31N3O2. The molecule has 1 heterocycles. The number of nitrogens with one attached hydrogen (secondary N) is 1. The van der Waals surface area contributed by atoms with E-state index in [4.69, 9.17) is 9.72 Å². The van der Waals surface area contributed by atoms with E-state index in [1.165, 1.54) is 11.1 Å². The molecule has 0 bridgehead atoms. The number of ether oxygens (including phenoxy) is 1. The molecule has 5 nitrogen and oxygen atoms in total. The number of rotatable bonds is 9. The van der Waals surface area contributed by atoms with Gasteiger partial charge in [0.2, 0.25) is 5.91 Å². The SMILES string of the molecule is CCCC(=O)NC(C)c1nc2ccccc2n1CCCOc1cccc(C)c1C. The Balaban J connectivity index is 1.72. The third-order valence-electron chi connectivity index (χ3n) is 5.26. The molecule has 0 fully saturated rings. The third kappa shape index (κ3) is 4.97. The number of amides is 1. The molecule has 2 aromatic carbocycles. The Hall–Kier alpha value is -2.82. The Morgan fingerprint density at radius 2 is 1.97 bits per heavy atom. The Kier molecular flexibility index (Phi) is 6.91. The zero-order chi connectivity index (χ0) is 20.8. The summed E-state index contributed by atoms with van der Waals surface area (Å²) in [6.45, 7) is 9.61. The van der Waals surface area contributed by atoms with Crippen molar-refractivity contribution in [1.82, 2.24) is 14.9 Å². The normalized spacial score (nSPS) is 12.1. The second-order valence-corrected chi connectivity index (χ2v) is 7.55. The van der Waals surface area contributed by atoms with Gasteiger partial charge in [0.25, 0.3) is 0 Å². The van der Waals surface area contributed by atoms with Crippen LogP contribution in [-0.4, -0.2) is 22.1 Å². The lowest BCUT2D eigenvalue weighted by molar-refractivity contribution is -0.121. The van der Waals surface area contributed by atoms with Crippen molar-refractivity contribution in [2.24, 2.45) is 0 Å². The minimum atomic E-state index is -0.138. The molecule has 0 saturated carbocycles. The number of imidazole rings is 1. The number of fused-ring (bicyclic) bond motifs is 1. The highest BCUT2D eigenvalue weighted by molar-refractivity contribution is 5.78. The van der Waals surface area contributed by atoms with E-state index >= 15 is 0 Å². The molecule has 5 heteroatoms. The van der Waals surface area contributed by atoms with Crippen LogP contribution in [0.5, 0.6) is 5.75 Å². The zero-order valence-electron chi connectivity index (χ0n) is 17.9. The van der Waals surface area contributed by atoms with Crippen LogP contribution in [0.25, 0.3) is 11.0 Å². The first-order valence-corrected chi connectivity index (χ1v) is 10.4. The maximum Gasteiger partial charge on any atom is 0.220 e. The van der Waals surface area contributed by atoms with E-state index in [1.807, 2.05) is 44.2 Å². The fraction of sp³-hybridized carbons (Fsp3) is 0.417. The van der Waals surface area contributed by atoms with Crippen LogP contribution in [0.15, 0.2) is 42.5 Å². The molecule has 1 N–H and O–H groups in total. The molecule has 3 rings (SSSR count). The lowest BCUT2D eigenvalue weighted by Crippen LogP contribution is -2.28. The number of carbonyl (C=O) groups is 1. The highest BCUT2D eigenvalue weighted by Crippen LogP contribution is 2.23. The molecule has 1 aromatic heterocycles. The van der Waals surface area contributed by atoms with Gasteiger partial charge in [-0.3, -0.25) is 4.79 Å². The van der Waals surface area contributed by atoms with Gasteiger partial charge in [-0.15, -0.1) is 0 Å². The lowest BCUT2D eigenvalue weighted by atomic mass is 10.1. The highest BCUT2D eigenvalue weighted by Gasteiger charge is 2.18. The van der Waals surface area contributed by atoms with Gasteiger partial charge in [0, 0.05) is 13.0 Å². The van der Waals surface area contributed by atoms with E-state index in [1.54, 1.807) is 0 Å². The van der Waals surface area contributed by atoms with Gasteiger partial charge < -0.3 is 14.6 Å². The van der Waals surface area contributed by atoms with Gasteiger partial charge in [-0.25, -0.2) is 4.98 Å². The molecular weight excluding hydrogens is 362 g/mol. The number of para-hydroxylation sites is 2. The Bertz CT molecular complexity index is 977. The first kappa shape index (κ1) is 20.9. The average Bonchev–Trinajstić information content (AvgIpc) is 3.07. The number of aromatic nitrogens is 2. The van der Waals surface area contributed by atoms with Gasteiger partial charge in [0.1, 0.15) is 11.6 Å². The van der Waals surface area contributed by atoms with Crippen LogP contribution in [0.1, 0.15) is 56.1 Å². The molecule has 0 aliphatic rings. The minimum Gasteiger partial charge on any atom is -0.493 e. The molecule has 1 unspecified atom stereocenters. The van der Waals surface area contributed by atoms with Crippen LogP contribution in [0.2, 0.25) is 0 Å². The molecule has 0 aliphatic heterocycles. The summed E-state index contributed by atoms with van der Waals surface area (Å²) >= 11 is 0.